The number of fused-ring (bicyclic) bond motifs is 5. The lowest BCUT2D eigenvalue weighted by Crippen LogP contribution is -2.42. The van der Waals surface area contributed by atoms with E-state index in [9.17, 15) is 21.6 Å². The van der Waals surface area contributed by atoms with Crippen molar-refractivity contribution in [3.05, 3.63) is 41.2 Å². The minimum absolute atomic E-state index is 0.0335. The van der Waals surface area contributed by atoms with Crippen LogP contribution in [0.15, 0.2) is 30.0 Å². The Balaban J connectivity index is 1.60. The molecule has 4 rings (SSSR count). The number of halogens is 3. The summed E-state index contributed by atoms with van der Waals surface area (Å²) in [4.78, 5) is 0. The molecule has 1 aromatic rings. The lowest BCUT2D eigenvalue weighted by molar-refractivity contribution is -0.0544. The molecule has 8 heteroatoms. The third-order valence-corrected chi connectivity index (χ3v) is 7.89. The molecule has 0 aliphatic heterocycles. The highest BCUT2D eigenvalue weighted by Crippen LogP contribution is 2.61. The molecule has 0 radical (unpaired) electrons. The van der Waals surface area contributed by atoms with E-state index >= 15 is 0 Å². The first-order valence-electron chi connectivity index (χ1n) is 9.45. The van der Waals surface area contributed by atoms with Crippen LogP contribution in [-0.2, 0) is 20.7 Å². The predicted molar refractivity (Wildman–Crippen MR) is 97.1 cm³/mol. The Morgan fingerprint density at radius 1 is 1.21 bits per heavy atom. The second kappa shape index (κ2) is 6.40. The van der Waals surface area contributed by atoms with E-state index in [1.165, 1.54) is 11.1 Å². The SMILES string of the molecule is COc1ccc2c(c1)CCC1C2CCC2(C)C(OS(=O)(=O)C(F)(F)F)=CCC12. The molecular weight excluding hydrogens is 393 g/mol. The first-order chi connectivity index (χ1) is 13.1. The second-order valence-corrected chi connectivity index (χ2v) is 9.76. The summed E-state index contributed by atoms with van der Waals surface area (Å²) < 4.78 is 71.3. The van der Waals surface area contributed by atoms with Gasteiger partial charge in [-0.2, -0.15) is 21.6 Å². The third kappa shape index (κ3) is 2.91. The molecule has 4 nitrogen and oxygen atoms in total. The van der Waals surface area contributed by atoms with Crippen molar-refractivity contribution in [2.75, 3.05) is 7.11 Å². The molecule has 3 aliphatic rings. The average molecular weight is 416 g/mol. The highest BCUT2D eigenvalue weighted by molar-refractivity contribution is 7.87. The van der Waals surface area contributed by atoms with Crippen LogP contribution in [0.25, 0.3) is 0 Å². The fourth-order valence-corrected chi connectivity index (χ4v) is 6.10. The Kier molecular flexibility index (Phi) is 4.48. The molecule has 28 heavy (non-hydrogen) atoms. The maximum Gasteiger partial charge on any atom is 0.534 e. The molecule has 3 aliphatic carbocycles. The Morgan fingerprint density at radius 2 is 1.96 bits per heavy atom. The number of hydrogen-bond donors (Lipinski definition) is 0. The normalized spacial score (nSPS) is 32.0. The summed E-state index contributed by atoms with van der Waals surface area (Å²) in [5.41, 5.74) is -3.53. The first kappa shape index (κ1) is 19.6. The molecule has 4 atom stereocenters. The Bertz CT molecular complexity index is 922. The zero-order valence-electron chi connectivity index (χ0n) is 15.8. The summed E-state index contributed by atoms with van der Waals surface area (Å²) in [6, 6.07) is 6.12. The lowest BCUT2D eigenvalue weighted by atomic mass is 9.55. The van der Waals surface area contributed by atoms with Crippen LogP contribution in [0.4, 0.5) is 13.2 Å². The van der Waals surface area contributed by atoms with Crippen molar-refractivity contribution >= 4 is 10.1 Å². The molecule has 1 saturated carbocycles. The van der Waals surface area contributed by atoms with E-state index in [-0.39, 0.29) is 11.7 Å². The standard InChI is InChI=1S/C20H23F3O4S/c1-19-10-9-15-14-6-4-13(26-2)11-12(14)3-5-16(15)17(19)7-8-18(19)27-28(24,25)20(21,22)23/h4,6,8,11,15-17H,3,5,7,9-10H2,1-2H3. The average Bonchev–Trinajstić information content (AvgIpc) is 2.96. The van der Waals surface area contributed by atoms with Gasteiger partial charge in [-0.3, -0.25) is 0 Å². The van der Waals surface area contributed by atoms with Gasteiger partial charge >= 0.3 is 15.6 Å². The van der Waals surface area contributed by atoms with Gasteiger partial charge in [-0.1, -0.05) is 13.0 Å². The van der Waals surface area contributed by atoms with Gasteiger partial charge in [0.15, 0.2) is 0 Å². The number of ether oxygens (including phenoxy) is 1. The maximum absolute atomic E-state index is 12.8. The molecule has 0 aromatic heterocycles. The minimum atomic E-state index is -5.64. The smallest absolute Gasteiger partial charge is 0.497 e. The number of hydrogen-bond acceptors (Lipinski definition) is 4. The van der Waals surface area contributed by atoms with E-state index in [0.29, 0.717) is 24.7 Å². The van der Waals surface area contributed by atoms with Crippen LogP contribution in [-0.4, -0.2) is 21.0 Å². The van der Waals surface area contributed by atoms with Crippen LogP contribution in [0.1, 0.15) is 49.7 Å². The molecule has 0 heterocycles. The largest absolute Gasteiger partial charge is 0.534 e. The van der Waals surface area contributed by atoms with Crippen LogP contribution < -0.4 is 4.74 Å². The molecule has 1 fully saturated rings. The van der Waals surface area contributed by atoms with E-state index < -0.39 is 21.0 Å². The first-order valence-corrected chi connectivity index (χ1v) is 10.9. The van der Waals surface area contributed by atoms with Gasteiger partial charge in [0.1, 0.15) is 11.5 Å². The number of alkyl halides is 3. The predicted octanol–water partition coefficient (Wildman–Crippen LogP) is 4.91. The van der Waals surface area contributed by atoms with E-state index in [2.05, 4.69) is 16.3 Å². The van der Waals surface area contributed by atoms with Gasteiger partial charge in [0, 0.05) is 5.41 Å². The number of methoxy groups -OCH3 is 1. The Morgan fingerprint density at radius 3 is 2.64 bits per heavy atom. The van der Waals surface area contributed by atoms with Crippen LogP contribution in [0.5, 0.6) is 5.75 Å². The summed E-state index contributed by atoms with van der Waals surface area (Å²) in [6.07, 6.45) is 5.31. The minimum Gasteiger partial charge on any atom is -0.497 e. The zero-order valence-corrected chi connectivity index (χ0v) is 16.6. The quantitative estimate of drug-likeness (QED) is 0.519. The van der Waals surface area contributed by atoms with Gasteiger partial charge in [-0.25, -0.2) is 0 Å². The molecule has 1 aromatic carbocycles. The van der Waals surface area contributed by atoms with Crippen molar-refractivity contribution in [1.29, 1.82) is 0 Å². The van der Waals surface area contributed by atoms with Crippen LogP contribution in [0, 0.1) is 17.3 Å². The Hall–Kier alpha value is -1.70. The second-order valence-electron chi connectivity index (χ2n) is 8.22. The van der Waals surface area contributed by atoms with Crippen LogP contribution in [0.2, 0.25) is 0 Å². The highest BCUT2D eigenvalue weighted by atomic mass is 32.2. The van der Waals surface area contributed by atoms with E-state index in [4.69, 9.17) is 4.74 Å². The van der Waals surface area contributed by atoms with Crippen molar-refractivity contribution < 1.29 is 30.5 Å². The van der Waals surface area contributed by atoms with Gasteiger partial charge < -0.3 is 8.92 Å². The van der Waals surface area contributed by atoms with Crippen LogP contribution >= 0.6 is 0 Å². The number of aryl methyl sites for hydroxylation is 1. The lowest BCUT2D eigenvalue weighted by Gasteiger charge is -2.49. The molecule has 154 valence electrons. The van der Waals surface area contributed by atoms with Gasteiger partial charge in [0.25, 0.3) is 0 Å². The summed E-state index contributed by atoms with van der Waals surface area (Å²) in [5, 5.41) is 0. The van der Waals surface area contributed by atoms with Crippen molar-refractivity contribution in [3.63, 3.8) is 0 Å². The summed E-state index contributed by atoms with van der Waals surface area (Å²) >= 11 is 0. The van der Waals surface area contributed by atoms with E-state index in [1.54, 1.807) is 13.2 Å². The maximum atomic E-state index is 12.8. The van der Waals surface area contributed by atoms with E-state index in [1.807, 2.05) is 13.0 Å². The fourth-order valence-electron chi connectivity index (χ4n) is 5.51. The van der Waals surface area contributed by atoms with Gasteiger partial charge in [0.05, 0.1) is 7.11 Å². The molecule has 0 amide bonds. The summed E-state index contributed by atoms with van der Waals surface area (Å²) in [5.74, 6) is 1.51. The van der Waals surface area contributed by atoms with Gasteiger partial charge in [0.2, 0.25) is 0 Å². The fraction of sp³-hybridized carbons (Fsp3) is 0.600. The molecule has 0 N–H and O–H groups in total. The van der Waals surface area contributed by atoms with Crippen LogP contribution in [0.3, 0.4) is 0 Å². The monoisotopic (exact) mass is 416 g/mol. The molecule has 0 spiro atoms. The third-order valence-electron chi connectivity index (χ3n) is 6.93. The summed E-state index contributed by atoms with van der Waals surface area (Å²) in [7, 11) is -4.00. The number of rotatable bonds is 3. The summed E-state index contributed by atoms with van der Waals surface area (Å²) in [6.45, 7) is 1.85. The van der Waals surface area contributed by atoms with Crippen molar-refractivity contribution in [2.24, 2.45) is 17.3 Å². The van der Waals surface area contributed by atoms with Crippen molar-refractivity contribution in [3.8, 4) is 5.75 Å². The molecule has 0 bridgehead atoms. The van der Waals surface area contributed by atoms with Crippen molar-refractivity contribution in [2.45, 2.75) is 50.5 Å². The highest BCUT2D eigenvalue weighted by Gasteiger charge is 2.56. The van der Waals surface area contributed by atoms with Crippen molar-refractivity contribution in [1.82, 2.24) is 0 Å². The molecule has 0 saturated heterocycles. The zero-order chi connectivity index (χ0) is 20.3. The molecule has 4 unspecified atom stereocenters. The number of allylic oxidation sites excluding steroid dienone is 2. The number of benzene rings is 1. The van der Waals surface area contributed by atoms with Gasteiger partial charge in [-0.15, -0.1) is 0 Å². The topological polar surface area (TPSA) is 52.6 Å². The van der Waals surface area contributed by atoms with Gasteiger partial charge in [-0.05, 0) is 79.2 Å². The Labute approximate surface area is 162 Å². The molecular formula is C20H23F3O4S. The van der Waals surface area contributed by atoms with E-state index in [0.717, 1.165) is 25.0 Å².